The molecular weight excluding hydrogens is 309 g/mol. The van der Waals surface area contributed by atoms with Crippen molar-refractivity contribution in [1.82, 2.24) is 9.78 Å². The molecule has 0 aliphatic heterocycles. The van der Waals surface area contributed by atoms with Gasteiger partial charge in [0.2, 0.25) is 0 Å². The van der Waals surface area contributed by atoms with Crippen LogP contribution in [0.4, 0.5) is 5.82 Å². The van der Waals surface area contributed by atoms with E-state index < -0.39 is 0 Å². The Morgan fingerprint density at radius 2 is 2.14 bits per heavy atom. The van der Waals surface area contributed by atoms with Crippen molar-refractivity contribution in [2.75, 3.05) is 5.32 Å². The van der Waals surface area contributed by atoms with Gasteiger partial charge in [0.25, 0.3) is 5.91 Å². The average molecular weight is 324 g/mol. The van der Waals surface area contributed by atoms with Gasteiger partial charge in [-0.3, -0.25) is 4.79 Å². The zero-order valence-corrected chi connectivity index (χ0v) is 13.0. The number of benzene rings is 1. The van der Waals surface area contributed by atoms with Gasteiger partial charge >= 0.3 is 0 Å². The van der Waals surface area contributed by atoms with Gasteiger partial charge in [0.05, 0.1) is 27.8 Å². The third-order valence-electron chi connectivity index (χ3n) is 3.80. The number of carbonyl (C=O) groups is 1. The number of nitrogens with one attached hydrogen (secondary N) is 1. The summed E-state index contributed by atoms with van der Waals surface area (Å²) in [6.45, 7) is 2.12. The molecule has 0 radical (unpaired) electrons. The summed E-state index contributed by atoms with van der Waals surface area (Å²) in [6, 6.07) is 7.07. The van der Waals surface area contributed by atoms with E-state index in [1.807, 2.05) is 4.68 Å². The smallest absolute Gasteiger partial charge is 0.258 e. The largest absolute Gasteiger partial charge is 0.307 e. The lowest BCUT2D eigenvalue weighted by Gasteiger charge is -2.15. The Morgan fingerprint density at radius 3 is 2.86 bits per heavy atom. The fourth-order valence-corrected chi connectivity index (χ4v) is 2.77. The summed E-state index contributed by atoms with van der Waals surface area (Å²) in [7, 11) is 0. The third-order valence-corrected chi connectivity index (χ3v) is 4.62. The first-order valence-corrected chi connectivity index (χ1v) is 7.62. The molecule has 1 unspecified atom stereocenters. The highest BCUT2D eigenvalue weighted by molar-refractivity contribution is 6.44. The fraction of sp³-hybridized carbons (Fsp3) is 0.333. The van der Waals surface area contributed by atoms with Gasteiger partial charge in [-0.2, -0.15) is 5.10 Å². The predicted molar refractivity (Wildman–Crippen MR) is 84.1 cm³/mol. The lowest BCUT2D eigenvalue weighted by atomic mass is 10.2. The number of halogens is 2. The standard InChI is InChI=1S/C15H15Cl2N3O/c1-9(10-5-6-10)20-13(7-8-18-20)19-15(21)11-3-2-4-12(16)14(11)17/h2-4,7-10H,5-6H2,1H3,(H,19,21). The normalized spacial score (nSPS) is 15.8. The van der Waals surface area contributed by atoms with E-state index in [4.69, 9.17) is 23.2 Å². The lowest BCUT2D eigenvalue weighted by Crippen LogP contribution is -2.18. The van der Waals surface area contributed by atoms with Crippen LogP contribution < -0.4 is 5.32 Å². The van der Waals surface area contributed by atoms with Crippen LogP contribution in [0, 0.1) is 5.92 Å². The fourth-order valence-electron chi connectivity index (χ4n) is 2.38. The quantitative estimate of drug-likeness (QED) is 0.905. The van der Waals surface area contributed by atoms with Crippen LogP contribution in [0.25, 0.3) is 0 Å². The number of nitrogens with zero attached hydrogens (tertiary/aromatic N) is 2. The first-order valence-electron chi connectivity index (χ1n) is 6.87. The van der Waals surface area contributed by atoms with E-state index in [9.17, 15) is 4.79 Å². The van der Waals surface area contributed by atoms with Crippen LogP contribution in [0.15, 0.2) is 30.5 Å². The van der Waals surface area contributed by atoms with Gasteiger partial charge in [-0.15, -0.1) is 0 Å². The monoisotopic (exact) mass is 323 g/mol. The summed E-state index contributed by atoms with van der Waals surface area (Å²) in [5, 5.41) is 7.79. The molecule has 21 heavy (non-hydrogen) atoms. The highest BCUT2D eigenvalue weighted by Crippen LogP contribution is 2.40. The molecular formula is C15H15Cl2N3O. The molecule has 1 fully saturated rings. The predicted octanol–water partition coefficient (Wildman–Crippen LogP) is 4.41. The molecule has 4 nitrogen and oxygen atoms in total. The molecule has 1 N–H and O–H groups in total. The van der Waals surface area contributed by atoms with E-state index in [0.717, 1.165) is 0 Å². The summed E-state index contributed by atoms with van der Waals surface area (Å²) < 4.78 is 1.86. The van der Waals surface area contributed by atoms with Gasteiger partial charge in [-0.05, 0) is 37.8 Å². The summed E-state index contributed by atoms with van der Waals surface area (Å²) in [5.41, 5.74) is 0.357. The number of carbonyl (C=O) groups excluding carboxylic acids is 1. The Balaban J connectivity index is 1.82. The van der Waals surface area contributed by atoms with Gasteiger partial charge in [-0.1, -0.05) is 29.3 Å². The van der Waals surface area contributed by atoms with Crippen molar-refractivity contribution in [3.63, 3.8) is 0 Å². The zero-order valence-electron chi connectivity index (χ0n) is 11.5. The van der Waals surface area contributed by atoms with Gasteiger partial charge in [0, 0.05) is 6.07 Å². The van der Waals surface area contributed by atoms with Crippen LogP contribution in [0.5, 0.6) is 0 Å². The maximum Gasteiger partial charge on any atom is 0.258 e. The summed E-state index contributed by atoms with van der Waals surface area (Å²) in [4.78, 5) is 12.4. The molecule has 1 aliphatic rings. The SMILES string of the molecule is CC(C1CC1)n1nccc1NC(=O)c1cccc(Cl)c1Cl. The molecule has 1 aromatic carbocycles. The molecule has 0 saturated heterocycles. The first kappa shape index (κ1) is 14.4. The highest BCUT2D eigenvalue weighted by atomic mass is 35.5. The van der Waals surface area contributed by atoms with Crippen molar-refractivity contribution < 1.29 is 4.79 Å². The lowest BCUT2D eigenvalue weighted by molar-refractivity contribution is 0.102. The Bertz CT molecular complexity index is 679. The highest BCUT2D eigenvalue weighted by Gasteiger charge is 2.30. The van der Waals surface area contributed by atoms with E-state index in [1.54, 1.807) is 30.5 Å². The molecule has 6 heteroatoms. The second-order valence-corrected chi connectivity index (χ2v) is 6.08. The van der Waals surface area contributed by atoms with E-state index in [0.29, 0.717) is 22.3 Å². The van der Waals surface area contributed by atoms with Crippen LogP contribution >= 0.6 is 23.2 Å². The van der Waals surface area contributed by atoms with Gasteiger partial charge in [0.15, 0.2) is 0 Å². The molecule has 0 spiro atoms. The van der Waals surface area contributed by atoms with Crippen molar-refractivity contribution in [3.8, 4) is 0 Å². The molecule has 1 atom stereocenters. The molecule has 2 aromatic rings. The van der Waals surface area contributed by atoms with E-state index >= 15 is 0 Å². The van der Waals surface area contributed by atoms with Crippen molar-refractivity contribution in [3.05, 3.63) is 46.1 Å². The van der Waals surface area contributed by atoms with Crippen molar-refractivity contribution in [2.45, 2.75) is 25.8 Å². The van der Waals surface area contributed by atoms with Crippen LogP contribution in [0.2, 0.25) is 10.0 Å². The van der Waals surface area contributed by atoms with Gasteiger partial charge < -0.3 is 5.32 Å². The zero-order chi connectivity index (χ0) is 15.0. The van der Waals surface area contributed by atoms with Crippen LogP contribution in [0.3, 0.4) is 0 Å². The second kappa shape index (κ2) is 5.70. The topological polar surface area (TPSA) is 46.9 Å². The molecule has 1 aromatic heterocycles. The number of anilines is 1. The number of rotatable bonds is 4. The summed E-state index contributed by atoms with van der Waals surface area (Å²) in [6.07, 6.45) is 4.12. The van der Waals surface area contributed by atoms with Crippen molar-refractivity contribution in [1.29, 1.82) is 0 Å². The maximum absolute atomic E-state index is 12.4. The molecule has 1 saturated carbocycles. The molecule has 1 aliphatic carbocycles. The average Bonchev–Trinajstić information content (AvgIpc) is 3.21. The minimum Gasteiger partial charge on any atom is -0.307 e. The second-order valence-electron chi connectivity index (χ2n) is 5.29. The maximum atomic E-state index is 12.4. The van der Waals surface area contributed by atoms with E-state index in [2.05, 4.69) is 17.3 Å². The van der Waals surface area contributed by atoms with Crippen molar-refractivity contribution in [2.24, 2.45) is 5.92 Å². The Morgan fingerprint density at radius 1 is 1.38 bits per heavy atom. The van der Waals surface area contributed by atoms with Crippen LogP contribution in [-0.2, 0) is 0 Å². The number of hydrogen-bond acceptors (Lipinski definition) is 2. The third kappa shape index (κ3) is 2.92. The minimum absolute atomic E-state index is 0.262. The number of aromatic nitrogens is 2. The Kier molecular flexibility index (Phi) is 3.91. The molecule has 0 bridgehead atoms. The molecule has 3 rings (SSSR count). The van der Waals surface area contributed by atoms with Crippen LogP contribution in [-0.4, -0.2) is 15.7 Å². The van der Waals surface area contributed by atoms with Gasteiger partial charge in [0.1, 0.15) is 5.82 Å². The van der Waals surface area contributed by atoms with E-state index in [-0.39, 0.29) is 17.0 Å². The molecule has 1 amide bonds. The van der Waals surface area contributed by atoms with Crippen molar-refractivity contribution >= 4 is 34.9 Å². The molecule has 1 heterocycles. The number of amides is 1. The molecule has 110 valence electrons. The Hall–Kier alpha value is -1.52. The first-order chi connectivity index (χ1) is 10.1. The summed E-state index contributed by atoms with van der Waals surface area (Å²) >= 11 is 12.0. The summed E-state index contributed by atoms with van der Waals surface area (Å²) in [5.74, 6) is 1.04. The minimum atomic E-state index is -0.285. The van der Waals surface area contributed by atoms with E-state index in [1.165, 1.54) is 12.8 Å². The van der Waals surface area contributed by atoms with Crippen LogP contribution in [0.1, 0.15) is 36.2 Å². The number of hydrogen-bond donors (Lipinski definition) is 1. The Labute approximate surface area is 133 Å². The van der Waals surface area contributed by atoms with Gasteiger partial charge in [-0.25, -0.2) is 4.68 Å².